The van der Waals surface area contributed by atoms with Gasteiger partial charge >= 0.3 is 0 Å². The van der Waals surface area contributed by atoms with E-state index in [1.807, 2.05) is 0 Å². The first-order valence-electron chi connectivity index (χ1n) is 6.59. The van der Waals surface area contributed by atoms with Crippen LogP contribution in [0.4, 0.5) is 5.95 Å². The zero-order valence-corrected chi connectivity index (χ0v) is 12.5. The molecule has 0 aliphatic carbocycles. The van der Waals surface area contributed by atoms with Crippen molar-refractivity contribution in [3.05, 3.63) is 6.33 Å². The van der Waals surface area contributed by atoms with Gasteiger partial charge in [-0.15, -0.1) is 0 Å². The van der Waals surface area contributed by atoms with Crippen molar-refractivity contribution < 1.29 is 23.6 Å². The number of methoxy groups -OCH3 is 1. The van der Waals surface area contributed by atoms with Gasteiger partial charge in [0.25, 0.3) is 0 Å². The largest absolute Gasteiger partial charge is 0.479 e. The normalized spacial score (nSPS) is 32.5. The molecule has 10 nitrogen and oxygen atoms in total. The lowest BCUT2D eigenvalue weighted by molar-refractivity contribution is -0.0520. The molecule has 2 aromatic rings. The van der Waals surface area contributed by atoms with Crippen LogP contribution in [-0.2, 0) is 13.8 Å². The number of rotatable bonds is 2. The van der Waals surface area contributed by atoms with Crippen molar-refractivity contribution >= 4 is 26.1 Å². The monoisotopic (exact) mass is 327 g/mol. The van der Waals surface area contributed by atoms with Crippen LogP contribution >= 0.6 is 9.03 Å². The van der Waals surface area contributed by atoms with Gasteiger partial charge in [-0.2, -0.15) is 9.97 Å². The molecule has 0 saturated carbocycles. The SMILES string of the molecule is COc1nc(N)nc2c1ncn2C1OC2COPOC2C1O. The van der Waals surface area contributed by atoms with Gasteiger partial charge in [-0.25, -0.2) is 4.98 Å². The van der Waals surface area contributed by atoms with Crippen LogP contribution in [0.1, 0.15) is 6.23 Å². The zero-order valence-electron chi connectivity index (χ0n) is 11.5. The molecule has 0 bridgehead atoms. The highest BCUT2D eigenvalue weighted by Crippen LogP contribution is 2.40. The van der Waals surface area contributed by atoms with Crippen molar-refractivity contribution in [1.29, 1.82) is 0 Å². The van der Waals surface area contributed by atoms with Crippen LogP contribution in [0.2, 0.25) is 0 Å². The molecule has 3 N–H and O–H groups in total. The molecule has 4 heterocycles. The lowest BCUT2D eigenvalue weighted by Crippen LogP contribution is -2.36. The Morgan fingerprint density at radius 1 is 1.50 bits per heavy atom. The molecule has 2 fully saturated rings. The summed E-state index contributed by atoms with van der Waals surface area (Å²) < 4.78 is 23.2. The van der Waals surface area contributed by atoms with E-state index in [1.165, 1.54) is 13.4 Å². The fourth-order valence-electron chi connectivity index (χ4n) is 2.67. The van der Waals surface area contributed by atoms with E-state index in [4.69, 9.17) is 24.3 Å². The third-order valence-electron chi connectivity index (χ3n) is 3.67. The van der Waals surface area contributed by atoms with Crippen LogP contribution in [0.5, 0.6) is 5.88 Å². The maximum Gasteiger partial charge on any atom is 0.246 e. The van der Waals surface area contributed by atoms with Crippen LogP contribution in [0.3, 0.4) is 0 Å². The van der Waals surface area contributed by atoms with E-state index in [2.05, 4.69) is 15.0 Å². The van der Waals surface area contributed by atoms with Crippen molar-refractivity contribution in [2.45, 2.75) is 24.5 Å². The standard InChI is InChI=1S/C11H14N5O5P/c1-18-9-5-8(14-11(12)15-9)16(3-13-5)10-6(17)7-4(20-10)2-19-22-21-7/h3-4,6-7,10,17,22H,2H2,1H3,(H2,12,14,15). The molecule has 2 saturated heterocycles. The summed E-state index contributed by atoms with van der Waals surface area (Å²) in [6.07, 6.45) is -0.808. The van der Waals surface area contributed by atoms with E-state index in [1.54, 1.807) is 4.57 Å². The first-order valence-corrected chi connectivity index (χ1v) is 7.40. The summed E-state index contributed by atoms with van der Waals surface area (Å²) in [6.45, 7) is 0.379. The van der Waals surface area contributed by atoms with Gasteiger partial charge in [-0.1, -0.05) is 0 Å². The second kappa shape index (κ2) is 5.25. The van der Waals surface area contributed by atoms with Crippen molar-refractivity contribution in [3.8, 4) is 5.88 Å². The molecule has 22 heavy (non-hydrogen) atoms. The van der Waals surface area contributed by atoms with Crippen molar-refractivity contribution in [1.82, 2.24) is 19.5 Å². The summed E-state index contributed by atoms with van der Waals surface area (Å²) >= 11 is 0. The molecule has 4 rings (SSSR count). The Labute approximate surface area is 126 Å². The summed E-state index contributed by atoms with van der Waals surface area (Å²) in [4.78, 5) is 12.4. The van der Waals surface area contributed by atoms with Gasteiger partial charge in [0.2, 0.25) is 11.8 Å². The third kappa shape index (κ3) is 2.03. The fourth-order valence-corrected chi connectivity index (χ4v) is 3.37. The van der Waals surface area contributed by atoms with Crippen LogP contribution in [0.15, 0.2) is 6.33 Å². The number of aromatic nitrogens is 4. The van der Waals surface area contributed by atoms with Gasteiger partial charge in [0.15, 0.2) is 26.4 Å². The minimum Gasteiger partial charge on any atom is -0.479 e. The first-order chi connectivity index (χ1) is 10.7. The molecular weight excluding hydrogens is 313 g/mol. The minimum atomic E-state index is -0.860. The molecule has 2 aliphatic rings. The molecule has 2 aromatic heterocycles. The quantitative estimate of drug-likeness (QED) is 0.708. The van der Waals surface area contributed by atoms with E-state index >= 15 is 0 Å². The number of nitrogens with two attached hydrogens (primary N) is 1. The smallest absolute Gasteiger partial charge is 0.246 e. The lowest BCUT2D eigenvalue weighted by atomic mass is 10.1. The van der Waals surface area contributed by atoms with Gasteiger partial charge in [0.05, 0.1) is 20.0 Å². The van der Waals surface area contributed by atoms with Gasteiger partial charge in [-0.3, -0.25) is 4.57 Å². The highest BCUT2D eigenvalue weighted by molar-refractivity contribution is 7.26. The number of nitrogens with zero attached hydrogens (tertiary/aromatic N) is 4. The lowest BCUT2D eigenvalue weighted by Gasteiger charge is -2.24. The van der Waals surface area contributed by atoms with Crippen LogP contribution in [0.25, 0.3) is 11.2 Å². The summed E-state index contributed by atoms with van der Waals surface area (Å²) in [5.41, 5.74) is 6.56. The summed E-state index contributed by atoms with van der Waals surface area (Å²) in [6, 6.07) is 0. The molecular formula is C11H14N5O5P. The Bertz CT molecular complexity index is 711. The molecule has 0 spiro atoms. The average Bonchev–Trinajstić information content (AvgIpc) is 3.08. The maximum absolute atomic E-state index is 10.5. The number of fused-ring (bicyclic) bond motifs is 2. The summed E-state index contributed by atoms with van der Waals surface area (Å²) in [7, 11) is 1.38. The fraction of sp³-hybridized carbons (Fsp3) is 0.545. The number of anilines is 1. The zero-order chi connectivity index (χ0) is 15.3. The highest BCUT2D eigenvalue weighted by atomic mass is 31.1. The number of ether oxygens (including phenoxy) is 2. The average molecular weight is 327 g/mol. The third-order valence-corrected chi connectivity index (χ3v) is 4.33. The topological polar surface area (TPSA) is 127 Å². The van der Waals surface area contributed by atoms with Crippen molar-refractivity contribution in [2.24, 2.45) is 0 Å². The molecule has 0 radical (unpaired) electrons. The molecule has 2 aliphatic heterocycles. The first kappa shape index (κ1) is 14.0. The van der Waals surface area contributed by atoms with E-state index < -0.39 is 18.4 Å². The predicted molar refractivity (Wildman–Crippen MR) is 75.3 cm³/mol. The molecule has 11 heteroatoms. The Morgan fingerprint density at radius 2 is 2.36 bits per heavy atom. The van der Waals surface area contributed by atoms with Gasteiger partial charge in [0, 0.05) is 0 Å². The van der Waals surface area contributed by atoms with E-state index in [0.29, 0.717) is 17.8 Å². The Balaban J connectivity index is 1.77. The Kier molecular flexibility index (Phi) is 3.35. The van der Waals surface area contributed by atoms with Crippen LogP contribution in [-0.4, -0.2) is 56.7 Å². The van der Waals surface area contributed by atoms with Crippen molar-refractivity contribution in [2.75, 3.05) is 19.5 Å². The number of nitrogen functional groups attached to an aromatic ring is 1. The van der Waals surface area contributed by atoms with E-state index in [9.17, 15) is 5.11 Å². The van der Waals surface area contributed by atoms with Crippen LogP contribution in [0, 0.1) is 0 Å². The van der Waals surface area contributed by atoms with Crippen molar-refractivity contribution in [3.63, 3.8) is 0 Å². The van der Waals surface area contributed by atoms with Crippen LogP contribution < -0.4 is 10.5 Å². The summed E-state index contributed by atoms with van der Waals surface area (Å²) in [5.74, 6) is 0.323. The highest BCUT2D eigenvalue weighted by Gasteiger charge is 2.48. The van der Waals surface area contributed by atoms with E-state index in [-0.39, 0.29) is 27.0 Å². The number of aliphatic hydroxyl groups is 1. The Morgan fingerprint density at radius 3 is 3.14 bits per heavy atom. The second-order valence-corrected chi connectivity index (χ2v) is 5.64. The number of aliphatic hydroxyl groups excluding tert-OH is 1. The maximum atomic E-state index is 10.5. The van der Waals surface area contributed by atoms with Gasteiger partial charge in [-0.05, 0) is 0 Å². The minimum absolute atomic E-state index is 0.0528. The molecule has 5 unspecified atom stereocenters. The molecule has 0 amide bonds. The second-order valence-electron chi connectivity index (χ2n) is 4.95. The predicted octanol–water partition coefficient (Wildman–Crippen LogP) is -0.401. The van der Waals surface area contributed by atoms with Gasteiger partial charge in [0.1, 0.15) is 18.3 Å². The molecule has 118 valence electrons. The number of hydrogen-bond acceptors (Lipinski definition) is 9. The Hall–Kier alpha value is -1.58. The van der Waals surface area contributed by atoms with Gasteiger partial charge < -0.3 is 29.4 Å². The number of imidazole rings is 1. The molecule has 0 aromatic carbocycles. The van der Waals surface area contributed by atoms with E-state index in [0.717, 1.165) is 0 Å². The molecule has 5 atom stereocenters. The number of hydrogen-bond donors (Lipinski definition) is 2. The summed E-state index contributed by atoms with van der Waals surface area (Å²) in [5, 5.41) is 10.5.